The maximum atomic E-state index is 9.89. The van der Waals surface area contributed by atoms with Crippen LogP contribution in [0.2, 0.25) is 0 Å². The van der Waals surface area contributed by atoms with Crippen LogP contribution in [0.4, 0.5) is 0 Å². The van der Waals surface area contributed by atoms with Crippen molar-refractivity contribution in [3.63, 3.8) is 0 Å². The first kappa shape index (κ1) is 6.48. The smallest absolute Gasteiger partial charge is 0.0781 e. The molecule has 0 N–H and O–H groups in total. The predicted molar refractivity (Wildman–Crippen MR) is 32.8 cm³/mol. The summed E-state index contributed by atoms with van der Waals surface area (Å²) >= 11 is 0. The van der Waals surface area contributed by atoms with Crippen LogP contribution in [0.3, 0.4) is 0 Å². The molecule has 52 valence electrons. The Morgan fingerprint density at radius 2 is 2.56 bits per heavy atom. The van der Waals surface area contributed by atoms with Gasteiger partial charge in [0.25, 0.3) is 0 Å². The standard InChI is InChI=1S/C5H10N2O2/c1-9-5-2-3-7(4-5)6-8/h5H,2-4H2,1H3. The second-order valence-electron chi connectivity index (χ2n) is 2.14. The van der Waals surface area contributed by atoms with E-state index in [1.165, 1.54) is 5.01 Å². The van der Waals surface area contributed by atoms with Gasteiger partial charge in [-0.15, -0.1) is 4.91 Å². The molecule has 0 aromatic heterocycles. The molecule has 0 saturated carbocycles. The highest BCUT2D eigenvalue weighted by molar-refractivity contribution is 4.72. The predicted octanol–water partition coefficient (Wildman–Crippen LogP) is 0.388. The monoisotopic (exact) mass is 130 g/mol. The highest BCUT2D eigenvalue weighted by atomic mass is 16.5. The summed E-state index contributed by atoms with van der Waals surface area (Å²) in [6.45, 7) is 1.39. The second kappa shape index (κ2) is 2.77. The van der Waals surface area contributed by atoms with E-state index >= 15 is 0 Å². The molecule has 0 radical (unpaired) electrons. The Labute approximate surface area is 53.7 Å². The summed E-state index contributed by atoms with van der Waals surface area (Å²) in [6.07, 6.45) is 1.13. The van der Waals surface area contributed by atoms with Crippen LogP contribution in [0.25, 0.3) is 0 Å². The zero-order chi connectivity index (χ0) is 6.69. The highest BCUT2D eigenvalue weighted by Gasteiger charge is 2.20. The molecule has 1 heterocycles. The fourth-order valence-corrected chi connectivity index (χ4v) is 0.977. The Hall–Kier alpha value is -0.640. The largest absolute Gasteiger partial charge is 0.379 e. The van der Waals surface area contributed by atoms with Gasteiger partial charge in [-0.1, -0.05) is 0 Å². The molecule has 1 aliphatic heterocycles. The SMILES string of the molecule is COC1CCN(N=O)C1. The Morgan fingerprint density at radius 3 is 2.89 bits per heavy atom. The molecular formula is C5H10N2O2. The zero-order valence-electron chi connectivity index (χ0n) is 5.41. The molecule has 1 atom stereocenters. The molecule has 1 unspecified atom stereocenters. The Kier molecular flexibility index (Phi) is 2.00. The molecule has 0 aliphatic carbocycles. The van der Waals surface area contributed by atoms with E-state index in [0.29, 0.717) is 6.54 Å². The number of nitroso groups, excluding NO2 is 1. The summed E-state index contributed by atoms with van der Waals surface area (Å²) in [7, 11) is 1.65. The van der Waals surface area contributed by atoms with Crippen LogP contribution in [-0.4, -0.2) is 31.3 Å². The van der Waals surface area contributed by atoms with Gasteiger partial charge in [0.15, 0.2) is 0 Å². The summed E-state index contributed by atoms with van der Waals surface area (Å²) in [5, 5.41) is 4.27. The van der Waals surface area contributed by atoms with Crippen LogP contribution in [0, 0.1) is 4.91 Å². The van der Waals surface area contributed by atoms with Gasteiger partial charge in [-0.25, -0.2) is 0 Å². The van der Waals surface area contributed by atoms with Gasteiger partial charge < -0.3 is 4.74 Å². The van der Waals surface area contributed by atoms with Crippen molar-refractivity contribution >= 4 is 0 Å². The van der Waals surface area contributed by atoms with E-state index in [4.69, 9.17) is 4.74 Å². The van der Waals surface area contributed by atoms with E-state index in [1.807, 2.05) is 0 Å². The van der Waals surface area contributed by atoms with Gasteiger partial charge in [-0.05, 0) is 6.42 Å². The van der Waals surface area contributed by atoms with Crippen molar-refractivity contribution in [3.05, 3.63) is 4.91 Å². The second-order valence-corrected chi connectivity index (χ2v) is 2.14. The van der Waals surface area contributed by atoms with E-state index < -0.39 is 0 Å². The minimum atomic E-state index is 0.211. The number of ether oxygens (including phenoxy) is 1. The Balaban J connectivity index is 2.28. The molecule has 4 nitrogen and oxygen atoms in total. The van der Waals surface area contributed by atoms with Gasteiger partial charge in [0.2, 0.25) is 0 Å². The number of hydrogen-bond acceptors (Lipinski definition) is 3. The van der Waals surface area contributed by atoms with Crippen molar-refractivity contribution < 1.29 is 4.74 Å². The van der Waals surface area contributed by atoms with Crippen LogP contribution < -0.4 is 0 Å². The quantitative estimate of drug-likeness (QED) is 0.508. The lowest BCUT2D eigenvalue weighted by Crippen LogP contribution is -2.16. The third-order valence-corrected chi connectivity index (χ3v) is 1.57. The molecule has 0 spiro atoms. The van der Waals surface area contributed by atoms with Crippen molar-refractivity contribution in [1.82, 2.24) is 5.01 Å². The highest BCUT2D eigenvalue weighted by Crippen LogP contribution is 2.10. The first-order chi connectivity index (χ1) is 4.36. The van der Waals surface area contributed by atoms with Crippen LogP contribution in [0.15, 0.2) is 5.29 Å². The van der Waals surface area contributed by atoms with E-state index in [2.05, 4.69) is 5.29 Å². The average molecular weight is 130 g/mol. The molecule has 1 fully saturated rings. The lowest BCUT2D eigenvalue weighted by molar-refractivity contribution is 0.108. The Morgan fingerprint density at radius 1 is 1.78 bits per heavy atom. The van der Waals surface area contributed by atoms with Gasteiger partial charge in [0.1, 0.15) is 0 Å². The summed E-state index contributed by atoms with van der Waals surface area (Å²) in [5.74, 6) is 0. The van der Waals surface area contributed by atoms with E-state index in [1.54, 1.807) is 7.11 Å². The third-order valence-electron chi connectivity index (χ3n) is 1.57. The number of methoxy groups -OCH3 is 1. The molecule has 1 rings (SSSR count). The van der Waals surface area contributed by atoms with Crippen molar-refractivity contribution in [3.8, 4) is 0 Å². The maximum absolute atomic E-state index is 9.89. The Bertz CT molecular complexity index is 107. The first-order valence-corrected chi connectivity index (χ1v) is 2.98. The summed E-state index contributed by atoms with van der Waals surface area (Å²) in [4.78, 5) is 9.89. The van der Waals surface area contributed by atoms with Crippen molar-refractivity contribution in [2.24, 2.45) is 5.29 Å². The third kappa shape index (κ3) is 1.38. The molecule has 0 aromatic rings. The van der Waals surface area contributed by atoms with Crippen molar-refractivity contribution in [1.29, 1.82) is 0 Å². The molecule has 0 amide bonds. The van der Waals surface area contributed by atoms with E-state index in [9.17, 15) is 4.91 Å². The number of hydrogen-bond donors (Lipinski definition) is 0. The normalized spacial score (nSPS) is 26.8. The zero-order valence-corrected chi connectivity index (χ0v) is 5.41. The summed E-state index contributed by atoms with van der Waals surface area (Å²) in [5.41, 5.74) is 0. The van der Waals surface area contributed by atoms with Crippen LogP contribution in [0.5, 0.6) is 0 Å². The lowest BCUT2D eigenvalue weighted by atomic mass is 10.3. The molecule has 9 heavy (non-hydrogen) atoms. The average Bonchev–Trinajstić information content (AvgIpc) is 2.34. The fourth-order valence-electron chi connectivity index (χ4n) is 0.977. The fraction of sp³-hybridized carbons (Fsp3) is 1.00. The first-order valence-electron chi connectivity index (χ1n) is 2.98. The summed E-state index contributed by atoms with van der Waals surface area (Å²) in [6, 6.07) is 0. The van der Waals surface area contributed by atoms with E-state index in [0.717, 1.165) is 13.0 Å². The van der Waals surface area contributed by atoms with Gasteiger partial charge in [0.05, 0.1) is 17.9 Å². The van der Waals surface area contributed by atoms with Gasteiger partial charge >= 0.3 is 0 Å². The van der Waals surface area contributed by atoms with E-state index in [-0.39, 0.29) is 6.10 Å². The van der Waals surface area contributed by atoms with Crippen molar-refractivity contribution in [2.45, 2.75) is 12.5 Å². The number of nitrogens with zero attached hydrogens (tertiary/aromatic N) is 2. The summed E-state index contributed by atoms with van der Waals surface area (Å²) < 4.78 is 5.00. The maximum Gasteiger partial charge on any atom is 0.0781 e. The van der Waals surface area contributed by atoms with Gasteiger partial charge in [0, 0.05) is 13.7 Å². The minimum absolute atomic E-state index is 0.211. The molecule has 4 heteroatoms. The molecule has 0 aromatic carbocycles. The topological polar surface area (TPSA) is 41.9 Å². The molecule has 0 bridgehead atoms. The van der Waals surface area contributed by atoms with Gasteiger partial charge in [-0.2, -0.15) is 0 Å². The van der Waals surface area contributed by atoms with Gasteiger partial charge in [-0.3, -0.25) is 5.01 Å². The van der Waals surface area contributed by atoms with Crippen LogP contribution in [-0.2, 0) is 4.74 Å². The lowest BCUT2D eigenvalue weighted by Gasteiger charge is -2.05. The van der Waals surface area contributed by atoms with Crippen molar-refractivity contribution in [2.75, 3.05) is 20.2 Å². The molecule has 1 aliphatic rings. The van der Waals surface area contributed by atoms with Crippen LogP contribution in [0.1, 0.15) is 6.42 Å². The van der Waals surface area contributed by atoms with Crippen LogP contribution >= 0.6 is 0 Å². The number of rotatable bonds is 2. The minimum Gasteiger partial charge on any atom is -0.379 e. The molecule has 1 saturated heterocycles. The molecular weight excluding hydrogens is 120 g/mol.